The lowest BCUT2D eigenvalue weighted by molar-refractivity contribution is -0.386. The number of carboxylic acids is 1. The molecule has 2 rings (SSSR count). The van der Waals surface area contributed by atoms with E-state index in [1.807, 2.05) is 20.8 Å². The molecule has 24 heavy (non-hydrogen) atoms. The molecule has 1 aliphatic rings. The highest BCUT2D eigenvalue weighted by Crippen LogP contribution is 2.32. The topological polar surface area (TPSA) is 101 Å². The molecule has 7 nitrogen and oxygen atoms in total. The fourth-order valence-electron chi connectivity index (χ4n) is 3.05. The largest absolute Gasteiger partial charge is 0.480 e. The van der Waals surface area contributed by atoms with Gasteiger partial charge in [0, 0.05) is 23.7 Å². The summed E-state index contributed by atoms with van der Waals surface area (Å²) >= 11 is 0. The quantitative estimate of drug-likeness (QED) is 0.676. The molecule has 0 bridgehead atoms. The summed E-state index contributed by atoms with van der Waals surface area (Å²) in [6.45, 7) is 5.94. The molecule has 7 heteroatoms. The number of hydrogen-bond acceptors (Lipinski definition) is 4. The zero-order chi connectivity index (χ0) is 18.1. The van der Waals surface area contributed by atoms with E-state index in [-0.39, 0.29) is 11.3 Å². The highest BCUT2D eigenvalue weighted by molar-refractivity contribution is 5.97. The van der Waals surface area contributed by atoms with Gasteiger partial charge < -0.3 is 10.0 Å². The van der Waals surface area contributed by atoms with Crippen LogP contribution in [0.15, 0.2) is 18.2 Å². The first-order valence-corrected chi connectivity index (χ1v) is 7.95. The van der Waals surface area contributed by atoms with E-state index in [0.29, 0.717) is 18.5 Å². The molecule has 0 saturated carbocycles. The first-order valence-electron chi connectivity index (χ1n) is 7.95. The molecule has 0 aromatic heterocycles. The Balaban J connectivity index is 2.41. The van der Waals surface area contributed by atoms with Crippen LogP contribution >= 0.6 is 0 Å². The fraction of sp³-hybridized carbons (Fsp3) is 0.529. The summed E-state index contributed by atoms with van der Waals surface area (Å²) < 4.78 is 0. The molecule has 1 aromatic carbocycles. The van der Waals surface area contributed by atoms with Crippen LogP contribution in [-0.2, 0) is 10.2 Å². The van der Waals surface area contributed by atoms with Crippen molar-refractivity contribution in [2.45, 2.75) is 51.5 Å². The minimum atomic E-state index is -1.04. The second-order valence-corrected chi connectivity index (χ2v) is 7.09. The second kappa shape index (κ2) is 6.59. The predicted molar refractivity (Wildman–Crippen MR) is 88.1 cm³/mol. The van der Waals surface area contributed by atoms with E-state index < -0.39 is 28.3 Å². The standard InChI is InChI=1S/C17H22N2O5/c1-17(2,3)12-8-7-11(10-14(12)19(23)24)15(20)18-9-5-4-6-13(18)16(21)22/h7-8,10,13H,4-6,9H2,1-3H3,(H,21,22)/t13-/m1/s1. The van der Waals surface area contributed by atoms with E-state index in [2.05, 4.69) is 0 Å². The van der Waals surface area contributed by atoms with Gasteiger partial charge >= 0.3 is 5.97 Å². The molecular weight excluding hydrogens is 312 g/mol. The normalized spacial score (nSPS) is 18.3. The smallest absolute Gasteiger partial charge is 0.326 e. The first-order chi connectivity index (χ1) is 11.1. The third kappa shape index (κ3) is 3.55. The van der Waals surface area contributed by atoms with Gasteiger partial charge in [-0.3, -0.25) is 14.9 Å². The van der Waals surface area contributed by atoms with Crippen molar-refractivity contribution in [3.05, 3.63) is 39.4 Å². The average molecular weight is 334 g/mol. The summed E-state index contributed by atoms with van der Waals surface area (Å²) in [6.07, 6.45) is 1.89. The maximum absolute atomic E-state index is 12.7. The molecule has 0 unspecified atom stereocenters. The Bertz CT molecular complexity index is 678. The lowest BCUT2D eigenvalue weighted by Gasteiger charge is -2.33. The van der Waals surface area contributed by atoms with Gasteiger partial charge in [-0.05, 0) is 30.7 Å². The number of rotatable bonds is 3. The van der Waals surface area contributed by atoms with Gasteiger partial charge in [0.25, 0.3) is 11.6 Å². The molecule has 1 heterocycles. The number of aliphatic carboxylic acids is 1. The maximum atomic E-state index is 12.7. The Labute approximate surface area is 140 Å². The fourth-order valence-corrected chi connectivity index (χ4v) is 3.05. The van der Waals surface area contributed by atoms with Gasteiger partial charge in [0.2, 0.25) is 0 Å². The van der Waals surface area contributed by atoms with Crippen molar-refractivity contribution in [1.82, 2.24) is 4.90 Å². The highest BCUT2D eigenvalue weighted by Gasteiger charge is 2.34. The van der Waals surface area contributed by atoms with Crippen LogP contribution in [0, 0.1) is 10.1 Å². The van der Waals surface area contributed by atoms with E-state index in [0.717, 1.165) is 12.8 Å². The van der Waals surface area contributed by atoms with Gasteiger partial charge in [-0.25, -0.2) is 4.79 Å². The summed E-state index contributed by atoms with van der Waals surface area (Å²) in [5.41, 5.74) is 0.149. The Hall–Kier alpha value is -2.44. The minimum absolute atomic E-state index is 0.114. The van der Waals surface area contributed by atoms with Crippen LogP contribution in [0.3, 0.4) is 0 Å². The zero-order valence-corrected chi connectivity index (χ0v) is 14.1. The molecule has 1 N–H and O–H groups in total. The molecule has 130 valence electrons. The van der Waals surface area contributed by atoms with Crippen molar-refractivity contribution < 1.29 is 19.6 Å². The summed E-state index contributed by atoms with van der Waals surface area (Å²) in [5, 5.41) is 20.7. The van der Waals surface area contributed by atoms with Crippen LogP contribution in [0.1, 0.15) is 56.0 Å². The van der Waals surface area contributed by atoms with Crippen LogP contribution in [0.25, 0.3) is 0 Å². The first kappa shape index (κ1) is 17.9. The number of piperidine rings is 1. The summed E-state index contributed by atoms with van der Waals surface area (Å²) in [7, 11) is 0. The van der Waals surface area contributed by atoms with E-state index >= 15 is 0 Å². The van der Waals surface area contributed by atoms with Crippen molar-refractivity contribution in [2.24, 2.45) is 0 Å². The minimum Gasteiger partial charge on any atom is -0.480 e. The molecular formula is C17H22N2O5. The van der Waals surface area contributed by atoms with Crippen LogP contribution < -0.4 is 0 Å². The maximum Gasteiger partial charge on any atom is 0.326 e. The van der Waals surface area contributed by atoms with Gasteiger partial charge in [0.05, 0.1) is 4.92 Å². The van der Waals surface area contributed by atoms with Gasteiger partial charge in [-0.1, -0.05) is 26.8 Å². The summed E-state index contributed by atoms with van der Waals surface area (Å²) in [5.74, 6) is -1.51. The summed E-state index contributed by atoms with van der Waals surface area (Å²) in [4.78, 5) is 36.2. The monoisotopic (exact) mass is 334 g/mol. The molecule has 1 aliphatic heterocycles. The van der Waals surface area contributed by atoms with Crippen LogP contribution in [0.2, 0.25) is 0 Å². The number of carbonyl (C=O) groups is 2. The van der Waals surface area contributed by atoms with E-state index in [4.69, 9.17) is 0 Å². The number of carbonyl (C=O) groups excluding carboxylic acids is 1. The molecule has 0 aliphatic carbocycles. The highest BCUT2D eigenvalue weighted by atomic mass is 16.6. The number of carboxylic acid groups (broad SMARTS) is 1. The molecule has 1 aromatic rings. The second-order valence-electron chi connectivity index (χ2n) is 7.09. The van der Waals surface area contributed by atoms with Gasteiger partial charge in [-0.2, -0.15) is 0 Å². The predicted octanol–water partition coefficient (Wildman–Crippen LogP) is 2.97. The molecule has 1 fully saturated rings. The summed E-state index contributed by atoms with van der Waals surface area (Å²) in [6, 6.07) is 3.53. The van der Waals surface area contributed by atoms with Crippen molar-refractivity contribution in [3.63, 3.8) is 0 Å². The number of nitrogens with zero attached hydrogens (tertiary/aromatic N) is 2. The average Bonchev–Trinajstić information content (AvgIpc) is 2.52. The molecule has 0 radical (unpaired) electrons. The lowest BCUT2D eigenvalue weighted by Crippen LogP contribution is -2.48. The lowest BCUT2D eigenvalue weighted by atomic mass is 9.85. The Kier molecular flexibility index (Phi) is 4.91. The Morgan fingerprint density at radius 3 is 2.50 bits per heavy atom. The van der Waals surface area contributed by atoms with Crippen LogP contribution in [0.4, 0.5) is 5.69 Å². The third-order valence-electron chi connectivity index (χ3n) is 4.30. The molecule has 1 amide bonds. The van der Waals surface area contributed by atoms with Gasteiger partial charge in [-0.15, -0.1) is 0 Å². The van der Waals surface area contributed by atoms with E-state index in [1.165, 1.54) is 11.0 Å². The van der Waals surface area contributed by atoms with Crippen molar-refractivity contribution in [3.8, 4) is 0 Å². The third-order valence-corrected chi connectivity index (χ3v) is 4.30. The Morgan fingerprint density at radius 1 is 1.29 bits per heavy atom. The number of benzene rings is 1. The number of nitro groups is 1. The van der Waals surface area contributed by atoms with Crippen molar-refractivity contribution in [1.29, 1.82) is 0 Å². The van der Waals surface area contributed by atoms with Crippen LogP contribution in [0.5, 0.6) is 0 Å². The molecule has 1 atom stereocenters. The zero-order valence-electron chi connectivity index (χ0n) is 14.1. The Morgan fingerprint density at radius 2 is 1.96 bits per heavy atom. The van der Waals surface area contributed by atoms with Gasteiger partial charge in [0.15, 0.2) is 0 Å². The molecule has 1 saturated heterocycles. The van der Waals surface area contributed by atoms with Crippen molar-refractivity contribution in [2.75, 3.05) is 6.54 Å². The number of nitro benzene ring substituents is 1. The number of likely N-dealkylation sites (tertiary alicyclic amines) is 1. The van der Waals surface area contributed by atoms with E-state index in [9.17, 15) is 24.8 Å². The number of amides is 1. The van der Waals surface area contributed by atoms with E-state index in [1.54, 1.807) is 12.1 Å². The van der Waals surface area contributed by atoms with Crippen LogP contribution in [-0.4, -0.2) is 39.4 Å². The molecule has 0 spiro atoms. The SMILES string of the molecule is CC(C)(C)c1ccc(C(=O)N2CCCC[C@@H]2C(=O)O)cc1[N+](=O)[O-]. The van der Waals surface area contributed by atoms with Gasteiger partial charge in [0.1, 0.15) is 6.04 Å². The van der Waals surface area contributed by atoms with Crippen molar-refractivity contribution >= 4 is 17.6 Å². The number of hydrogen-bond donors (Lipinski definition) is 1.